The average Bonchev–Trinajstić information content (AvgIpc) is 3.22. The van der Waals surface area contributed by atoms with Crippen molar-refractivity contribution in [3.05, 3.63) is 64.2 Å². The Labute approximate surface area is 200 Å². The maximum Gasteiger partial charge on any atom is 0.127 e. The molecule has 1 unspecified atom stereocenters. The fourth-order valence-corrected chi connectivity index (χ4v) is 5.43. The van der Waals surface area contributed by atoms with E-state index < -0.39 is 0 Å². The third kappa shape index (κ3) is 4.30. The molecule has 2 saturated heterocycles. The predicted molar refractivity (Wildman–Crippen MR) is 132 cm³/mol. The number of fused-ring (bicyclic) bond motifs is 1. The number of benzene rings is 1. The van der Waals surface area contributed by atoms with Gasteiger partial charge in [0.25, 0.3) is 0 Å². The zero-order valence-corrected chi connectivity index (χ0v) is 20.0. The molecule has 1 atom stereocenters. The lowest BCUT2D eigenvalue weighted by Gasteiger charge is -2.24. The van der Waals surface area contributed by atoms with Gasteiger partial charge in [-0.05, 0) is 91.1 Å². The van der Waals surface area contributed by atoms with Crippen LogP contribution in [0.25, 0.3) is 15.3 Å². The van der Waals surface area contributed by atoms with Gasteiger partial charge < -0.3 is 19.4 Å². The molecular formula is C25H27FIN3O2. The normalized spacial score (nSPS) is 23.2. The van der Waals surface area contributed by atoms with Gasteiger partial charge in [-0.15, -0.1) is 0 Å². The van der Waals surface area contributed by atoms with E-state index in [-0.39, 0.29) is 12.0 Å². The highest BCUT2D eigenvalue weighted by Crippen LogP contribution is 2.29. The summed E-state index contributed by atoms with van der Waals surface area (Å²) < 4.78 is 28.2. The molecule has 1 aromatic carbocycles. The maximum atomic E-state index is 13.7. The maximum absolute atomic E-state index is 13.7. The monoisotopic (exact) mass is 547 g/mol. The van der Waals surface area contributed by atoms with E-state index >= 15 is 0 Å². The average molecular weight is 547 g/mol. The summed E-state index contributed by atoms with van der Waals surface area (Å²) in [5, 5.41) is 14.2. The van der Waals surface area contributed by atoms with E-state index in [4.69, 9.17) is 14.9 Å². The largest absolute Gasteiger partial charge is 0.381 e. The lowest BCUT2D eigenvalue weighted by Crippen LogP contribution is -2.36. The summed E-state index contributed by atoms with van der Waals surface area (Å²) in [7, 11) is 0. The van der Waals surface area contributed by atoms with Gasteiger partial charge in [0, 0.05) is 57.7 Å². The number of ether oxygens (including phenoxy) is 2. The Hall–Kier alpha value is -1.97. The van der Waals surface area contributed by atoms with Crippen LogP contribution in [0.1, 0.15) is 43.7 Å². The Balaban J connectivity index is 1.63. The van der Waals surface area contributed by atoms with Crippen molar-refractivity contribution in [2.24, 2.45) is 0 Å². The van der Waals surface area contributed by atoms with Crippen LogP contribution in [0.3, 0.4) is 0 Å². The summed E-state index contributed by atoms with van der Waals surface area (Å²) in [6, 6.07) is 8.89. The van der Waals surface area contributed by atoms with Gasteiger partial charge in [0.05, 0.1) is 11.1 Å². The Morgan fingerprint density at radius 2 is 1.88 bits per heavy atom. The van der Waals surface area contributed by atoms with Gasteiger partial charge in [-0.1, -0.05) is 0 Å². The number of aromatic nitrogens is 1. The minimum absolute atomic E-state index is 0.00167. The first-order valence-corrected chi connectivity index (χ1v) is 12.3. The van der Waals surface area contributed by atoms with Gasteiger partial charge in [-0.3, -0.25) is 5.41 Å². The fraction of sp³-hybridized carbons (Fsp3) is 0.400. The van der Waals surface area contributed by atoms with Crippen molar-refractivity contribution >= 4 is 38.0 Å². The van der Waals surface area contributed by atoms with Crippen LogP contribution in [0.2, 0.25) is 0 Å². The molecule has 1 aromatic heterocycles. The van der Waals surface area contributed by atoms with Gasteiger partial charge in [0.15, 0.2) is 0 Å². The van der Waals surface area contributed by atoms with Crippen LogP contribution in [0, 0.1) is 11.2 Å². The van der Waals surface area contributed by atoms with Crippen LogP contribution >= 0.6 is 22.6 Å². The highest BCUT2D eigenvalue weighted by molar-refractivity contribution is 14.1. The Morgan fingerprint density at radius 3 is 2.59 bits per heavy atom. The minimum atomic E-state index is -0.244. The lowest BCUT2D eigenvalue weighted by molar-refractivity contribution is 0.00333. The van der Waals surface area contributed by atoms with Gasteiger partial charge in [0.2, 0.25) is 0 Å². The molecule has 168 valence electrons. The summed E-state index contributed by atoms with van der Waals surface area (Å²) in [5.74, 6) is 0.124. The molecule has 1 aliphatic carbocycles. The number of nitrogens with one attached hydrogen (secondary N) is 2. The SMILES string of the molecule is N=C1C(I)=c2cc(C3CCOCC3)n(-c3ccc(F)cc3)c2=C/C1=C/NC1CCCCO1. The molecule has 2 fully saturated rings. The fourth-order valence-electron chi connectivity index (χ4n) is 4.69. The number of nitrogens with zero attached hydrogens (tertiary/aromatic N) is 1. The van der Waals surface area contributed by atoms with E-state index in [0.717, 1.165) is 77.3 Å². The summed E-state index contributed by atoms with van der Waals surface area (Å²) >= 11 is 2.28. The number of rotatable bonds is 4. The number of allylic oxidation sites excluding steroid dienone is 1. The number of halogens is 2. The van der Waals surface area contributed by atoms with E-state index in [2.05, 4.69) is 44.6 Å². The van der Waals surface area contributed by atoms with Crippen molar-refractivity contribution in [3.63, 3.8) is 0 Å². The van der Waals surface area contributed by atoms with Gasteiger partial charge in [0.1, 0.15) is 12.0 Å². The van der Waals surface area contributed by atoms with Gasteiger partial charge in [-0.25, -0.2) is 4.39 Å². The molecule has 2 N–H and O–H groups in total. The van der Waals surface area contributed by atoms with Crippen LogP contribution < -0.4 is 15.9 Å². The van der Waals surface area contributed by atoms with Crippen molar-refractivity contribution in [2.45, 2.75) is 44.2 Å². The molecule has 2 aromatic rings. The standard InChI is InChI=1S/C25H27FIN3O2/c26-18-4-6-19(7-5-18)30-21(16-8-11-31-12-9-16)14-20-22(30)13-17(25(28)24(20)27)15-29-23-3-1-2-10-32-23/h4-7,13-16,23,28-29H,1-3,8-12H2/b17-15-,28-25?. The van der Waals surface area contributed by atoms with E-state index in [0.29, 0.717) is 11.6 Å². The van der Waals surface area contributed by atoms with Crippen LogP contribution in [-0.4, -0.2) is 36.3 Å². The van der Waals surface area contributed by atoms with Gasteiger partial charge >= 0.3 is 0 Å². The summed E-state index contributed by atoms with van der Waals surface area (Å²) in [6.07, 6.45) is 9.13. The molecule has 0 spiro atoms. The van der Waals surface area contributed by atoms with E-state index in [1.807, 2.05) is 18.3 Å². The number of hydrogen-bond donors (Lipinski definition) is 2. The molecule has 7 heteroatoms. The summed E-state index contributed by atoms with van der Waals surface area (Å²) in [5.41, 5.74) is 3.48. The Kier molecular flexibility index (Phi) is 6.48. The number of hydrogen-bond acceptors (Lipinski definition) is 4. The van der Waals surface area contributed by atoms with Gasteiger partial charge in [-0.2, -0.15) is 0 Å². The molecule has 0 bridgehead atoms. The first kappa shape index (κ1) is 21.9. The van der Waals surface area contributed by atoms with Crippen LogP contribution in [0.4, 0.5) is 4.39 Å². The van der Waals surface area contributed by atoms with Crippen molar-refractivity contribution in [1.82, 2.24) is 9.88 Å². The lowest BCUT2D eigenvalue weighted by atomic mass is 9.96. The summed E-state index contributed by atoms with van der Waals surface area (Å²) in [6.45, 7) is 2.28. The Morgan fingerprint density at radius 1 is 1.09 bits per heavy atom. The van der Waals surface area contributed by atoms with Crippen molar-refractivity contribution in [1.29, 1.82) is 5.41 Å². The highest BCUT2D eigenvalue weighted by atomic mass is 127. The highest BCUT2D eigenvalue weighted by Gasteiger charge is 2.25. The second-order valence-electron chi connectivity index (χ2n) is 8.52. The first-order valence-electron chi connectivity index (χ1n) is 11.3. The molecule has 5 rings (SSSR count). The van der Waals surface area contributed by atoms with E-state index in [1.165, 1.54) is 17.8 Å². The summed E-state index contributed by atoms with van der Waals surface area (Å²) in [4.78, 5) is 0. The molecule has 0 radical (unpaired) electrons. The zero-order valence-electron chi connectivity index (χ0n) is 17.9. The molecule has 5 nitrogen and oxygen atoms in total. The smallest absolute Gasteiger partial charge is 0.127 e. The molecule has 3 aliphatic rings. The molecule has 32 heavy (non-hydrogen) atoms. The molecule has 3 heterocycles. The van der Waals surface area contributed by atoms with Crippen molar-refractivity contribution in [2.75, 3.05) is 19.8 Å². The molecule has 0 amide bonds. The van der Waals surface area contributed by atoms with E-state index in [9.17, 15) is 4.39 Å². The van der Waals surface area contributed by atoms with Crippen molar-refractivity contribution in [3.8, 4) is 5.69 Å². The third-order valence-corrected chi connectivity index (χ3v) is 7.55. The molecular weight excluding hydrogens is 520 g/mol. The predicted octanol–water partition coefficient (Wildman–Crippen LogP) is 3.87. The second kappa shape index (κ2) is 9.49. The van der Waals surface area contributed by atoms with E-state index in [1.54, 1.807) is 0 Å². The molecule has 0 saturated carbocycles. The Bertz CT molecular complexity index is 1160. The van der Waals surface area contributed by atoms with Crippen molar-refractivity contribution < 1.29 is 13.9 Å². The quantitative estimate of drug-likeness (QED) is 0.572. The minimum Gasteiger partial charge on any atom is -0.381 e. The van der Waals surface area contributed by atoms with Crippen LogP contribution in [-0.2, 0) is 9.47 Å². The first-order chi connectivity index (χ1) is 15.6. The third-order valence-electron chi connectivity index (χ3n) is 6.43. The van der Waals surface area contributed by atoms with Crippen LogP contribution in [0.15, 0.2) is 42.1 Å². The second-order valence-corrected chi connectivity index (χ2v) is 9.60. The zero-order chi connectivity index (χ0) is 22.1. The molecule has 2 aliphatic heterocycles. The topological polar surface area (TPSA) is 59.3 Å². The van der Waals surface area contributed by atoms with Crippen LogP contribution in [0.5, 0.6) is 0 Å².